The molecule has 2 atom stereocenters. The van der Waals surface area contributed by atoms with E-state index in [1.807, 2.05) is 30.3 Å². The van der Waals surface area contributed by atoms with E-state index in [9.17, 15) is 13.2 Å². The number of likely N-dealkylation sites (N-methyl/N-ethyl adjacent to an activating group) is 1. The second-order valence-electron chi connectivity index (χ2n) is 8.86. The van der Waals surface area contributed by atoms with Crippen molar-refractivity contribution in [3.05, 3.63) is 89.6 Å². The van der Waals surface area contributed by atoms with Crippen LogP contribution in [0.1, 0.15) is 35.6 Å². The van der Waals surface area contributed by atoms with Crippen molar-refractivity contribution >= 4 is 27.6 Å². The molecule has 0 radical (unpaired) electrons. The molecule has 184 valence electrons. The minimum atomic E-state index is -3.52. The number of aryl methyl sites for hydroxylation is 1. The van der Waals surface area contributed by atoms with Crippen LogP contribution >= 0.6 is 0 Å². The van der Waals surface area contributed by atoms with Crippen LogP contribution in [0.3, 0.4) is 0 Å². The molecular formula is C26H31N5O3S. The van der Waals surface area contributed by atoms with Crippen LogP contribution in [0.15, 0.2) is 72.9 Å². The Hall–Kier alpha value is -3.27. The molecule has 2 aromatic carbocycles. The maximum absolute atomic E-state index is 13.3. The van der Waals surface area contributed by atoms with E-state index in [-0.39, 0.29) is 11.8 Å². The number of hydrogen-bond acceptors (Lipinski definition) is 5. The maximum atomic E-state index is 13.3. The van der Waals surface area contributed by atoms with E-state index >= 15 is 0 Å². The highest BCUT2D eigenvalue weighted by Crippen LogP contribution is 2.25. The summed E-state index contributed by atoms with van der Waals surface area (Å²) in [6.07, 6.45) is 1.47. The van der Waals surface area contributed by atoms with Crippen molar-refractivity contribution in [2.75, 3.05) is 36.3 Å². The summed E-state index contributed by atoms with van der Waals surface area (Å²) in [6.45, 7) is 5.59. The first-order chi connectivity index (χ1) is 16.8. The average Bonchev–Trinajstić information content (AvgIpc) is 3.12. The zero-order valence-corrected chi connectivity index (χ0v) is 21.0. The number of carbonyl (C=O) groups is 1. The van der Waals surface area contributed by atoms with Gasteiger partial charge in [-0.1, -0.05) is 67.1 Å². The van der Waals surface area contributed by atoms with Gasteiger partial charge in [0, 0.05) is 26.7 Å². The predicted molar refractivity (Wildman–Crippen MR) is 139 cm³/mol. The van der Waals surface area contributed by atoms with Crippen molar-refractivity contribution in [3.8, 4) is 0 Å². The van der Waals surface area contributed by atoms with Gasteiger partial charge >= 0.3 is 10.2 Å². The van der Waals surface area contributed by atoms with Crippen LogP contribution in [-0.4, -0.2) is 50.3 Å². The lowest BCUT2D eigenvalue weighted by Crippen LogP contribution is -2.35. The van der Waals surface area contributed by atoms with Gasteiger partial charge in [-0.2, -0.15) is 12.7 Å². The van der Waals surface area contributed by atoms with E-state index in [2.05, 4.69) is 53.7 Å². The average molecular weight is 494 g/mol. The summed E-state index contributed by atoms with van der Waals surface area (Å²) in [5, 5.41) is 6.28. The zero-order valence-electron chi connectivity index (χ0n) is 20.2. The number of anilines is 2. The van der Waals surface area contributed by atoms with Crippen LogP contribution in [0.5, 0.6) is 0 Å². The standard InChI is InChI=1S/C26H31N5O3S/c1-19-9-11-21(12-10-19)20(2)17-28-25(22-7-5-4-6-8-22)26(32)29-24-14-13-23(18-27-24)31-16-15-30(3)35(31,33)34/h4-14,18,20,25,28H,15-17H2,1-3H3,(H,27,29,32)/t20-,25-/m1/s1. The molecule has 2 N–H and O–H groups in total. The molecule has 0 aliphatic carbocycles. The highest BCUT2D eigenvalue weighted by atomic mass is 32.2. The number of pyridine rings is 1. The van der Waals surface area contributed by atoms with Crippen molar-refractivity contribution in [2.24, 2.45) is 0 Å². The van der Waals surface area contributed by atoms with Gasteiger partial charge in [-0.3, -0.25) is 9.10 Å². The molecule has 4 rings (SSSR count). The lowest BCUT2D eigenvalue weighted by Gasteiger charge is -2.22. The third-order valence-electron chi connectivity index (χ3n) is 6.25. The monoisotopic (exact) mass is 493 g/mol. The Labute approximate surface area is 207 Å². The Morgan fingerprint density at radius 1 is 1.00 bits per heavy atom. The molecule has 35 heavy (non-hydrogen) atoms. The van der Waals surface area contributed by atoms with Gasteiger partial charge in [0.2, 0.25) is 5.91 Å². The molecule has 9 heteroatoms. The molecule has 0 spiro atoms. The van der Waals surface area contributed by atoms with E-state index in [4.69, 9.17) is 0 Å². The van der Waals surface area contributed by atoms with Crippen molar-refractivity contribution in [1.82, 2.24) is 14.6 Å². The Morgan fingerprint density at radius 2 is 1.71 bits per heavy atom. The first kappa shape index (κ1) is 24.8. The summed E-state index contributed by atoms with van der Waals surface area (Å²) in [6, 6.07) is 20.7. The Bertz CT molecular complexity index is 1250. The van der Waals surface area contributed by atoms with E-state index in [1.165, 1.54) is 25.9 Å². The number of hydrogen-bond donors (Lipinski definition) is 2. The predicted octanol–water partition coefficient (Wildman–Crippen LogP) is 3.46. The Kier molecular flexibility index (Phi) is 7.49. The molecule has 0 saturated carbocycles. The second kappa shape index (κ2) is 10.6. The fourth-order valence-corrected chi connectivity index (χ4v) is 5.35. The first-order valence-corrected chi connectivity index (χ1v) is 13.0. The van der Waals surface area contributed by atoms with E-state index in [0.717, 1.165) is 5.56 Å². The molecule has 0 bridgehead atoms. The normalized spacial score (nSPS) is 17.2. The second-order valence-corrected chi connectivity index (χ2v) is 10.8. The quantitative estimate of drug-likeness (QED) is 0.501. The minimum Gasteiger partial charge on any atom is -0.309 e. The van der Waals surface area contributed by atoms with Crippen LogP contribution in [0, 0.1) is 6.92 Å². The molecule has 1 aliphatic heterocycles. The topological polar surface area (TPSA) is 94.6 Å². The van der Waals surface area contributed by atoms with Crippen LogP contribution in [0.4, 0.5) is 11.5 Å². The molecule has 8 nitrogen and oxygen atoms in total. The highest BCUT2D eigenvalue weighted by Gasteiger charge is 2.34. The van der Waals surface area contributed by atoms with Crippen LogP contribution < -0.4 is 14.9 Å². The minimum absolute atomic E-state index is 0.215. The Morgan fingerprint density at radius 3 is 2.31 bits per heavy atom. The first-order valence-electron chi connectivity index (χ1n) is 11.6. The summed E-state index contributed by atoms with van der Waals surface area (Å²) in [5.41, 5.74) is 3.74. The fraction of sp³-hybridized carbons (Fsp3) is 0.308. The lowest BCUT2D eigenvalue weighted by molar-refractivity contribution is -0.118. The molecule has 1 fully saturated rings. The third kappa shape index (κ3) is 5.70. The van der Waals surface area contributed by atoms with Gasteiger partial charge in [-0.05, 0) is 36.1 Å². The van der Waals surface area contributed by atoms with Gasteiger partial charge in [0.25, 0.3) is 0 Å². The largest absolute Gasteiger partial charge is 0.309 e. The molecule has 1 amide bonds. The van der Waals surface area contributed by atoms with Crippen molar-refractivity contribution < 1.29 is 13.2 Å². The number of benzene rings is 2. The summed E-state index contributed by atoms with van der Waals surface area (Å²) in [5.74, 6) is 0.339. The summed E-state index contributed by atoms with van der Waals surface area (Å²) < 4.78 is 27.4. The fourth-order valence-electron chi connectivity index (χ4n) is 4.01. The summed E-state index contributed by atoms with van der Waals surface area (Å²) in [4.78, 5) is 17.6. The molecular weight excluding hydrogens is 462 g/mol. The molecule has 3 aromatic rings. The summed E-state index contributed by atoms with van der Waals surface area (Å²) >= 11 is 0. The molecule has 1 aliphatic rings. The number of rotatable bonds is 8. The van der Waals surface area contributed by atoms with E-state index < -0.39 is 16.3 Å². The van der Waals surface area contributed by atoms with Crippen LogP contribution in [-0.2, 0) is 15.0 Å². The highest BCUT2D eigenvalue weighted by molar-refractivity contribution is 7.90. The number of nitrogens with one attached hydrogen (secondary N) is 2. The van der Waals surface area contributed by atoms with Gasteiger partial charge in [-0.25, -0.2) is 4.98 Å². The molecule has 1 saturated heterocycles. The third-order valence-corrected chi connectivity index (χ3v) is 8.17. The van der Waals surface area contributed by atoms with Gasteiger partial charge in [0.1, 0.15) is 11.9 Å². The van der Waals surface area contributed by atoms with E-state index in [0.29, 0.717) is 31.1 Å². The summed E-state index contributed by atoms with van der Waals surface area (Å²) in [7, 11) is -1.97. The van der Waals surface area contributed by atoms with Gasteiger partial charge in [0.05, 0.1) is 11.9 Å². The smallest absolute Gasteiger partial charge is 0.303 e. The lowest BCUT2D eigenvalue weighted by atomic mass is 9.98. The van der Waals surface area contributed by atoms with Gasteiger partial charge < -0.3 is 10.6 Å². The van der Waals surface area contributed by atoms with Crippen LogP contribution in [0.25, 0.3) is 0 Å². The van der Waals surface area contributed by atoms with Gasteiger partial charge in [0.15, 0.2) is 0 Å². The molecule has 1 aromatic heterocycles. The number of amides is 1. The van der Waals surface area contributed by atoms with Crippen molar-refractivity contribution in [2.45, 2.75) is 25.8 Å². The SMILES string of the molecule is Cc1ccc([C@H](C)CN[C@@H](C(=O)Nc2ccc(N3CCN(C)S3(=O)=O)cn2)c2ccccc2)cc1. The van der Waals surface area contributed by atoms with Gasteiger partial charge in [-0.15, -0.1) is 0 Å². The molecule has 2 heterocycles. The number of nitrogens with zero attached hydrogens (tertiary/aromatic N) is 3. The zero-order chi connectivity index (χ0) is 25.0. The van der Waals surface area contributed by atoms with Crippen LogP contribution in [0.2, 0.25) is 0 Å². The van der Waals surface area contributed by atoms with E-state index in [1.54, 1.807) is 19.2 Å². The Balaban J connectivity index is 1.46. The number of aromatic nitrogens is 1. The molecule has 0 unspecified atom stereocenters. The maximum Gasteiger partial charge on any atom is 0.303 e. The van der Waals surface area contributed by atoms with Crippen molar-refractivity contribution in [1.29, 1.82) is 0 Å². The van der Waals surface area contributed by atoms with Crippen molar-refractivity contribution in [3.63, 3.8) is 0 Å². The number of carbonyl (C=O) groups excluding carboxylic acids is 1.